The molecule has 1 aromatic heterocycles. The summed E-state index contributed by atoms with van der Waals surface area (Å²) < 4.78 is 7.97. The lowest BCUT2D eigenvalue weighted by Gasteiger charge is -2.39. The highest BCUT2D eigenvalue weighted by atomic mass is 32.2. The third-order valence-corrected chi connectivity index (χ3v) is 7.85. The summed E-state index contributed by atoms with van der Waals surface area (Å²) in [5.41, 5.74) is 4.43. The van der Waals surface area contributed by atoms with Crippen molar-refractivity contribution < 1.29 is 4.74 Å². The molecule has 2 aromatic rings. The first-order valence-corrected chi connectivity index (χ1v) is 12.1. The molecule has 1 saturated heterocycles. The first kappa shape index (κ1) is 19.4. The summed E-state index contributed by atoms with van der Waals surface area (Å²) in [5, 5.41) is 0.848. The van der Waals surface area contributed by atoms with Crippen LogP contribution in [0.4, 0.5) is 0 Å². The number of thioether (sulfide) groups is 1. The molecule has 2 aliphatic carbocycles. The predicted octanol–water partition coefficient (Wildman–Crippen LogP) is 5.13. The van der Waals surface area contributed by atoms with Gasteiger partial charge >= 0.3 is 0 Å². The van der Waals surface area contributed by atoms with Gasteiger partial charge in [-0.3, -0.25) is 9.36 Å². The molecule has 0 unspecified atom stereocenters. The fourth-order valence-electron chi connectivity index (χ4n) is 5.91. The summed E-state index contributed by atoms with van der Waals surface area (Å²) in [6, 6.07) is 8.72. The van der Waals surface area contributed by atoms with Gasteiger partial charge in [-0.05, 0) is 57.8 Å². The molecular formula is C24H30N2O2S. The standard InChI is InChI=1S/C24H30N2O2S/c1-23(2)15-17(10-13-28-23)26-21(27)19-20(25-22(26)29-3)18-9-5-4-8-16(18)14-24(19)11-6-7-12-24/h4-5,8-9,17H,6-7,10-15H2,1-3H3/t17-/m0/s1. The number of nitrogens with zero attached hydrogens (tertiary/aromatic N) is 2. The molecule has 1 aromatic carbocycles. The largest absolute Gasteiger partial charge is 0.375 e. The third-order valence-electron chi connectivity index (χ3n) is 7.19. The molecule has 154 valence electrons. The summed E-state index contributed by atoms with van der Waals surface area (Å²) >= 11 is 1.59. The molecule has 4 nitrogen and oxygen atoms in total. The molecule has 29 heavy (non-hydrogen) atoms. The van der Waals surface area contributed by atoms with E-state index >= 15 is 0 Å². The van der Waals surface area contributed by atoms with Gasteiger partial charge in [0.05, 0.1) is 16.9 Å². The zero-order chi connectivity index (χ0) is 20.2. The number of ether oxygens (including phenoxy) is 1. The van der Waals surface area contributed by atoms with Gasteiger partial charge in [-0.2, -0.15) is 0 Å². The zero-order valence-corrected chi connectivity index (χ0v) is 18.5. The molecule has 3 aliphatic rings. The molecule has 0 radical (unpaired) electrons. The van der Waals surface area contributed by atoms with Crippen LogP contribution in [0.15, 0.2) is 34.2 Å². The van der Waals surface area contributed by atoms with Gasteiger partial charge in [0.1, 0.15) is 0 Å². The van der Waals surface area contributed by atoms with Crippen molar-refractivity contribution in [2.75, 3.05) is 12.9 Å². The minimum Gasteiger partial charge on any atom is -0.375 e. The van der Waals surface area contributed by atoms with E-state index in [0.717, 1.165) is 54.1 Å². The maximum absolute atomic E-state index is 14.1. The Bertz CT molecular complexity index is 1000. The third kappa shape index (κ3) is 3.09. The van der Waals surface area contributed by atoms with Crippen LogP contribution in [0.3, 0.4) is 0 Å². The maximum atomic E-state index is 14.1. The van der Waals surface area contributed by atoms with E-state index in [-0.39, 0.29) is 22.6 Å². The van der Waals surface area contributed by atoms with Gasteiger partial charge < -0.3 is 4.74 Å². The van der Waals surface area contributed by atoms with E-state index in [0.29, 0.717) is 6.61 Å². The highest BCUT2D eigenvalue weighted by molar-refractivity contribution is 7.98. The van der Waals surface area contributed by atoms with E-state index in [4.69, 9.17) is 9.72 Å². The van der Waals surface area contributed by atoms with Crippen molar-refractivity contribution in [2.45, 2.75) is 81.0 Å². The predicted molar refractivity (Wildman–Crippen MR) is 118 cm³/mol. The number of aromatic nitrogens is 2. The lowest BCUT2D eigenvalue weighted by Crippen LogP contribution is -2.44. The quantitative estimate of drug-likeness (QED) is 0.508. The van der Waals surface area contributed by atoms with Crippen molar-refractivity contribution in [3.05, 3.63) is 45.7 Å². The summed E-state index contributed by atoms with van der Waals surface area (Å²) in [7, 11) is 0. The minimum absolute atomic E-state index is 0.0346. The Morgan fingerprint density at radius 1 is 1.21 bits per heavy atom. The number of hydrogen-bond acceptors (Lipinski definition) is 4. The average molecular weight is 411 g/mol. The van der Waals surface area contributed by atoms with Crippen LogP contribution in [0, 0.1) is 0 Å². The van der Waals surface area contributed by atoms with Crippen LogP contribution in [0.5, 0.6) is 0 Å². The van der Waals surface area contributed by atoms with Gasteiger partial charge in [0.25, 0.3) is 5.56 Å². The van der Waals surface area contributed by atoms with Gasteiger partial charge in [-0.25, -0.2) is 4.98 Å². The van der Waals surface area contributed by atoms with Gasteiger partial charge in [0, 0.05) is 23.6 Å². The summed E-state index contributed by atoms with van der Waals surface area (Å²) in [6.07, 6.45) is 9.35. The molecule has 1 aliphatic heterocycles. The highest BCUT2D eigenvalue weighted by Gasteiger charge is 2.45. The fraction of sp³-hybridized carbons (Fsp3) is 0.583. The van der Waals surface area contributed by atoms with Gasteiger partial charge in [-0.15, -0.1) is 0 Å². The van der Waals surface area contributed by atoms with Crippen molar-refractivity contribution in [3.8, 4) is 11.3 Å². The van der Waals surface area contributed by atoms with Crippen LogP contribution in [0.2, 0.25) is 0 Å². The van der Waals surface area contributed by atoms with E-state index in [1.165, 1.54) is 18.4 Å². The first-order valence-electron chi connectivity index (χ1n) is 10.9. The second-order valence-electron chi connectivity index (χ2n) is 9.57. The monoisotopic (exact) mass is 410 g/mol. The molecule has 5 rings (SSSR count). The maximum Gasteiger partial charge on any atom is 0.258 e. The van der Waals surface area contributed by atoms with E-state index in [1.807, 2.05) is 10.8 Å². The van der Waals surface area contributed by atoms with Gasteiger partial charge in [0.2, 0.25) is 0 Å². The van der Waals surface area contributed by atoms with Crippen LogP contribution >= 0.6 is 11.8 Å². The van der Waals surface area contributed by atoms with E-state index in [2.05, 4.69) is 38.1 Å². The van der Waals surface area contributed by atoms with E-state index in [1.54, 1.807) is 11.8 Å². The topological polar surface area (TPSA) is 44.1 Å². The Hall–Kier alpha value is -1.59. The summed E-state index contributed by atoms with van der Waals surface area (Å²) in [4.78, 5) is 19.3. The highest BCUT2D eigenvalue weighted by Crippen LogP contribution is 2.50. The molecule has 0 bridgehead atoms. The molecule has 2 fully saturated rings. The Balaban J connectivity index is 1.76. The van der Waals surface area contributed by atoms with Crippen molar-refractivity contribution >= 4 is 11.8 Å². The number of fused-ring (bicyclic) bond motifs is 4. The van der Waals surface area contributed by atoms with Crippen molar-refractivity contribution in [2.24, 2.45) is 0 Å². The van der Waals surface area contributed by atoms with Crippen LogP contribution in [-0.4, -0.2) is 28.0 Å². The molecule has 2 heterocycles. The minimum atomic E-state index is -0.203. The molecule has 1 spiro atoms. The Morgan fingerprint density at radius 3 is 2.69 bits per heavy atom. The molecule has 0 N–H and O–H groups in total. The number of rotatable bonds is 2. The lowest BCUT2D eigenvalue weighted by atomic mass is 9.68. The Morgan fingerprint density at radius 2 is 1.97 bits per heavy atom. The molecule has 1 atom stereocenters. The summed E-state index contributed by atoms with van der Waals surface area (Å²) in [6.45, 7) is 4.95. The molecule has 0 amide bonds. The van der Waals surface area contributed by atoms with E-state index < -0.39 is 0 Å². The van der Waals surface area contributed by atoms with Crippen LogP contribution in [0.1, 0.15) is 69.5 Å². The molecule has 1 saturated carbocycles. The van der Waals surface area contributed by atoms with Crippen molar-refractivity contribution in [1.29, 1.82) is 0 Å². The van der Waals surface area contributed by atoms with Gasteiger partial charge in [0.15, 0.2) is 5.16 Å². The number of hydrogen-bond donors (Lipinski definition) is 0. The van der Waals surface area contributed by atoms with Crippen molar-refractivity contribution in [1.82, 2.24) is 9.55 Å². The van der Waals surface area contributed by atoms with Crippen LogP contribution in [0.25, 0.3) is 11.3 Å². The van der Waals surface area contributed by atoms with Crippen molar-refractivity contribution in [3.63, 3.8) is 0 Å². The van der Waals surface area contributed by atoms with Crippen LogP contribution in [-0.2, 0) is 16.6 Å². The second-order valence-corrected chi connectivity index (χ2v) is 10.3. The second kappa shape index (κ2) is 6.98. The smallest absolute Gasteiger partial charge is 0.258 e. The molecule has 5 heteroatoms. The fourth-order valence-corrected chi connectivity index (χ4v) is 6.52. The summed E-state index contributed by atoms with van der Waals surface area (Å²) in [5.74, 6) is 0. The molecular weight excluding hydrogens is 380 g/mol. The average Bonchev–Trinajstić information content (AvgIpc) is 3.15. The Kier molecular flexibility index (Phi) is 4.67. The first-order chi connectivity index (χ1) is 13.9. The SMILES string of the molecule is CSc1nc2c(c(=O)n1[C@H]1CCOC(C)(C)C1)C1(CCCC1)Cc1ccccc1-2. The van der Waals surface area contributed by atoms with Crippen LogP contribution < -0.4 is 5.56 Å². The lowest BCUT2D eigenvalue weighted by molar-refractivity contribution is -0.0710. The normalized spacial score (nSPS) is 24.3. The number of benzene rings is 1. The Labute approximate surface area is 177 Å². The van der Waals surface area contributed by atoms with Gasteiger partial charge in [-0.1, -0.05) is 48.9 Å². The zero-order valence-electron chi connectivity index (χ0n) is 17.7. The van der Waals surface area contributed by atoms with E-state index in [9.17, 15) is 4.79 Å².